The van der Waals surface area contributed by atoms with Crippen molar-refractivity contribution in [1.29, 1.82) is 0 Å². The van der Waals surface area contributed by atoms with Gasteiger partial charge in [0.05, 0.1) is 0 Å². The van der Waals surface area contributed by atoms with E-state index in [0.29, 0.717) is 0 Å². The van der Waals surface area contributed by atoms with Crippen LogP contribution in [-0.2, 0) is 0 Å². The van der Waals surface area contributed by atoms with Crippen molar-refractivity contribution in [3.8, 4) is 0 Å². The Morgan fingerprint density at radius 2 is 0.950 bits per heavy atom. The van der Waals surface area contributed by atoms with E-state index in [-0.39, 0.29) is 0 Å². The monoisotopic (exact) mass is 303 g/mol. The lowest BCUT2D eigenvalue weighted by Gasteiger charge is -2.21. The van der Waals surface area contributed by atoms with Crippen LogP contribution in [0.1, 0.15) is 90.9 Å². The Morgan fingerprint density at radius 1 is 0.550 bits per heavy atom. The molecule has 122 valence electrons. The van der Waals surface area contributed by atoms with E-state index in [1.807, 2.05) is 0 Å². The Morgan fingerprint density at radius 3 is 1.35 bits per heavy atom. The molecule has 0 unspecified atom stereocenters. The minimum Gasteiger partial charge on any atom is -0.302 e. The van der Waals surface area contributed by atoms with Crippen molar-refractivity contribution in [2.75, 3.05) is 25.5 Å². The highest BCUT2D eigenvalue weighted by Crippen LogP contribution is 2.09. The summed E-state index contributed by atoms with van der Waals surface area (Å²) in [7, 11) is 0. The molecule has 0 atom stereocenters. The summed E-state index contributed by atoms with van der Waals surface area (Å²) < 4.78 is 0. The fraction of sp³-hybridized carbons (Fsp3) is 1.00. The summed E-state index contributed by atoms with van der Waals surface area (Å²) in [6.45, 7) is 8.15. The maximum atomic E-state index is 5.92. The molecule has 0 fully saturated rings. The number of hydrogen-bond acceptors (Lipinski definition) is 1. The predicted octanol–water partition coefficient (Wildman–Crippen LogP) is 6.25. The largest absolute Gasteiger partial charge is 0.302 e. The second-order valence-corrected chi connectivity index (χ2v) is 6.44. The summed E-state index contributed by atoms with van der Waals surface area (Å²) in [6, 6.07) is 0. The van der Waals surface area contributed by atoms with Crippen molar-refractivity contribution in [2.24, 2.45) is 0 Å². The minimum absolute atomic E-state index is 0.783. The van der Waals surface area contributed by atoms with Crippen molar-refractivity contribution in [2.45, 2.75) is 90.9 Å². The molecule has 0 saturated heterocycles. The zero-order valence-electron chi connectivity index (χ0n) is 14.1. The highest BCUT2D eigenvalue weighted by atomic mass is 35.5. The molecule has 0 N–H and O–H groups in total. The first-order valence-electron chi connectivity index (χ1n) is 9.13. The first-order valence-corrected chi connectivity index (χ1v) is 9.66. The van der Waals surface area contributed by atoms with E-state index < -0.39 is 0 Å². The Bertz CT molecular complexity index is 157. The summed E-state index contributed by atoms with van der Waals surface area (Å²) in [5.41, 5.74) is 0. The first-order chi connectivity index (χ1) is 9.85. The van der Waals surface area contributed by atoms with Crippen LogP contribution in [0.3, 0.4) is 0 Å². The van der Waals surface area contributed by atoms with E-state index in [1.165, 1.54) is 90.1 Å². The summed E-state index contributed by atoms with van der Waals surface area (Å²) in [5.74, 6) is 0.783. The quantitative estimate of drug-likeness (QED) is 0.241. The van der Waals surface area contributed by atoms with E-state index >= 15 is 0 Å². The van der Waals surface area contributed by atoms with Gasteiger partial charge in [0, 0.05) is 12.4 Å². The molecule has 1 nitrogen and oxygen atoms in total. The molecule has 0 aliphatic rings. The molecule has 0 radical (unpaired) electrons. The van der Waals surface area contributed by atoms with Gasteiger partial charge in [-0.1, -0.05) is 78.1 Å². The summed E-state index contributed by atoms with van der Waals surface area (Å²) >= 11 is 5.92. The van der Waals surface area contributed by atoms with Gasteiger partial charge in [0.15, 0.2) is 0 Å². The van der Waals surface area contributed by atoms with Crippen LogP contribution in [0.15, 0.2) is 0 Å². The fourth-order valence-electron chi connectivity index (χ4n) is 2.69. The molecule has 20 heavy (non-hydrogen) atoms. The lowest BCUT2D eigenvalue weighted by Crippen LogP contribution is -2.28. The summed E-state index contributed by atoms with van der Waals surface area (Å²) in [4.78, 5) is 2.58. The van der Waals surface area contributed by atoms with Gasteiger partial charge in [0.25, 0.3) is 0 Å². The third kappa shape index (κ3) is 14.7. The zero-order chi connectivity index (χ0) is 14.9. The van der Waals surface area contributed by atoms with Crippen LogP contribution in [0.25, 0.3) is 0 Å². The average Bonchev–Trinajstić information content (AvgIpc) is 2.46. The molecule has 0 aliphatic carbocycles. The van der Waals surface area contributed by atoms with Crippen molar-refractivity contribution >= 4 is 11.6 Å². The molecule has 0 rings (SSSR count). The van der Waals surface area contributed by atoms with E-state index in [9.17, 15) is 0 Å². The van der Waals surface area contributed by atoms with Gasteiger partial charge in [-0.05, 0) is 25.9 Å². The van der Waals surface area contributed by atoms with Gasteiger partial charge in [-0.3, -0.25) is 0 Å². The normalized spacial score (nSPS) is 11.4. The first kappa shape index (κ1) is 20.2. The Balaban J connectivity index is 3.45. The van der Waals surface area contributed by atoms with Crippen molar-refractivity contribution < 1.29 is 0 Å². The minimum atomic E-state index is 0.783. The molecule has 2 heteroatoms. The third-order valence-corrected chi connectivity index (χ3v) is 4.23. The number of alkyl halides is 1. The maximum Gasteiger partial charge on any atom is 0.0351 e. The lowest BCUT2D eigenvalue weighted by molar-refractivity contribution is 0.275. The molecule has 0 aliphatic heterocycles. The smallest absolute Gasteiger partial charge is 0.0351 e. The molecular formula is C18H38ClN. The molecule has 0 amide bonds. The second kappa shape index (κ2) is 17.3. The van der Waals surface area contributed by atoms with Gasteiger partial charge in [-0.2, -0.15) is 0 Å². The topological polar surface area (TPSA) is 3.24 Å². The molecule has 0 bridgehead atoms. The molecule has 0 heterocycles. The van der Waals surface area contributed by atoms with Gasteiger partial charge in [0.1, 0.15) is 0 Å². The Kier molecular flexibility index (Phi) is 17.5. The summed E-state index contributed by atoms with van der Waals surface area (Å²) in [5, 5.41) is 0. The second-order valence-electron chi connectivity index (χ2n) is 6.07. The fourth-order valence-corrected chi connectivity index (χ4v) is 2.93. The number of rotatable bonds is 16. The molecule has 0 aromatic carbocycles. The zero-order valence-corrected chi connectivity index (χ0v) is 14.9. The van der Waals surface area contributed by atoms with Crippen LogP contribution in [-0.4, -0.2) is 30.4 Å². The Hall–Kier alpha value is 0.250. The number of hydrogen-bond donors (Lipinski definition) is 0. The molecule has 0 saturated carbocycles. The van der Waals surface area contributed by atoms with Gasteiger partial charge < -0.3 is 4.90 Å². The van der Waals surface area contributed by atoms with Gasteiger partial charge in [-0.25, -0.2) is 0 Å². The van der Waals surface area contributed by atoms with Crippen LogP contribution in [0.2, 0.25) is 0 Å². The van der Waals surface area contributed by atoms with Crippen LogP contribution in [0, 0.1) is 0 Å². The number of unbranched alkanes of at least 4 members (excludes halogenated alkanes) is 10. The van der Waals surface area contributed by atoms with Crippen LogP contribution in [0.4, 0.5) is 0 Å². The highest BCUT2D eigenvalue weighted by Gasteiger charge is 2.03. The molecule has 0 aromatic heterocycles. The van der Waals surface area contributed by atoms with Crippen LogP contribution < -0.4 is 0 Å². The predicted molar refractivity (Wildman–Crippen MR) is 93.9 cm³/mol. The standard InChI is InChI=1S/C18H38ClN/c1-3-5-7-9-11-13-16-20(18-15-19)17-14-12-10-8-6-4-2/h3-18H2,1-2H3. The summed E-state index contributed by atoms with van der Waals surface area (Å²) in [6.07, 6.45) is 16.7. The lowest BCUT2D eigenvalue weighted by atomic mass is 10.1. The molecular weight excluding hydrogens is 266 g/mol. The SMILES string of the molecule is CCCCCCCCN(CCCl)CCCCCCCC. The van der Waals surface area contributed by atoms with Crippen molar-refractivity contribution in [3.05, 3.63) is 0 Å². The molecule has 0 spiro atoms. The van der Waals surface area contributed by atoms with E-state index in [4.69, 9.17) is 11.6 Å². The Labute approximate surface area is 133 Å². The van der Waals surface area contributed by atoms with Crippen molar-refractivity contribution in [3.63, 3.8) is 0 Å². The third-order valence-electron chi connectivity index (χ3n) is 4.06. The van der Waals surface area contributed by atoms with E-state index in [1.54, 1.807) is 0 Å². The van der Waals surface area contributed by atoms with E-state index in [2.05, 4.69) is 18.7 Å². The van der Waals surface area contributed by atoms with E-state index in [0.717, 1.165) is 12.4 Å². The van der Waals surface area contributed by atoms with Gasteiger partial charge in [0.2, 0.25) is 0 Å². The van der Waals surface area contributed by atoms with Gasteiger partial charge >= 0.3 is 0 Å². The number of halogens is 1. The van der Waals surface area contributed by atoms with Crippen LogP contribution >= 0.6 is 11.6 Å². The maximum absolute atomic E-state index is 5.92. The molecule has 0 aromatic rings. The average molecular weight is 304 g/mol. The number of nitrogens with zero attached hydrogens (tertiary/aromatic N) is 1. The van der Waals surface area contributed by atoms with Crippen LogP contribution in [0.5, 0.6) is 0 Å². The van der Waals surface area contributed by atoms with Crippen molar-refractivity contribution in [1.82, 2.24) is 4.90 Å². The highest BCUT2D eigenvalue weighted by molar-refractivity contribution is 6.18. The van der Waals surface area contributed by atoms with Gasteiger partial charge in [-0.15, -0.1) is 11.6 Å².